The smallest absolute Gasteiger partial charge is 0.330 e. The molecule has 1 unspecified atom stereocenters. The van der Waals surface area contributed by atoms with Crippen molar-refractivity contribution in [2.75, 3.05) is 12.9 Å². The Morgan fingerprint density at radius 2 is 2.05 bits per heavy atom. The molecule has 0 aromatic carbocycles. The molecule has 0 bridgehead atoms. The van der Waals surface area contributed by atoms with Gasteiger partial charge >= 0.3 is 5.97 Å². The minimum absolute atomic E-state index is 0.257. The van der Waals surface area contributed by atoms with Gasteiger partial charge in [0.25, 0.3) is 0 Å². The van der Waals surface area contributed by atoms with Crippen LogP contribution < -0.4 is 0 Å². The van der Waals surface area contributed by atoms with E-state index in [0.717, 1.165) is 12.0 Å². The molecule has 0 saturated carbocycles. The minimum atomic E-state index is -0.257. The second kappa shape index (κ2) is 10.9. The van der Waals surface area contributed by atoms with Crippen LogP contribution in [-0.4, -0.2) is 23.6 Å². The number of esters is 1. The van der Waals surface area contributed by atoms with Crippen LogP contribution in [0.2, 0.25) is 0 Å². The van der Waals surface area contributed by atoms with Gasteiger partial charge in [0, 0.05) is 10.8 Å². The lowest BCUT2D eigenvalue weighted by atomic mass is 9.96. The zero-order chi connectivity index (χ0) is 16.3. The Morgan fingerprint density at radius 3 is 2.62 bits per heavy atom. The third-order valence-corrected chi connectivity index (χ3v) is 4.89. The molecular formula is C18H32O2S. The number of hydrogen-bond acceptors (Lipinski definition) is 3. The van der Waals surface area contributed by atoms with Gasteiger partial charge in [-0.05, 0) is 44.4 Å². The molecule has 0 spiro atoms. The van der Waals surface area contributed by atoms with Gasteiger partial charge in [0.2, 0.25) is 0 Å². The zero-order valence-corrected chi connectivity index (χ0v) is 15.4. The molecule has 0 aliphatic carbocycles. The first kappa shape index (κ1) is 20.3. The van der Waals surface area contributed by atoms with Gasteiger partial charge in [-0.25, -0.2) is 4.79 Å². The number of thioether (sulfide) groups is 1. The highest BCUT2D eigenvalue weighted by Crippen LogP contribution is 2.28. The van der Waals surface area contributed by atoms with Gasteiger partial charge in [-0.15, -0.1) is 0 Å². The van der Waals surface area contributed by atoms with Crippen LogP contribution in [0.1, 0.15) is 60.3 Å². The van der Waals surface area contributed by atoms with E-state index in [0.29, 0.717) is 17.3 Å². The quantitative estimate of drug-likeness (QED) is 0.307. The highest BCUT2D eigenvalue weighted by atomic mass is 32.2. The van der Waals surface area contributed by atoms with Crippen molar-refractivity contribution >= 4 is 17.7 Å². The second-order valence-corrected chi connectivity index (χ2v) is 7.75. The lowest BCUT2D eigenvalue weighted by Crippen LogP contribution is -2.13. The summed E-state index contributed by atoms with van der Waals surface area (Å²) in [5.74, 6) is 0.432. The molecule has 2 nitrogen and oxygen atoms in total. The molecule has 3 heteroatoms. The van der Waals surface area contributed by atoms with Crippen LogP contribution in [0.5, 0.6) is 0 Å². The highest BCUT2D eigenvalue weighted by molar-refractivity contribution is 7.99. The monoisotopic (exact) mass is 312 g/mol. The maximum Gasteiger partial charge on any atom is 0.330 e. The summed E-state index contributed by atoms with van der Waals surface area (Å²) >= 11 is 1.94. The molecule has 0 amide bonds. The third kappa shape index (κ3) is 11.6. The number of hydrogen-bond donors (Lipinski definition) is 0. The van der Waals surface area contributed by atoms with E-state index in [1.165, 1.54) is 19.3 Å². The molecule has 0 fully saturated rings. The first-order chi connectivity index (χ1) is 9.80. The zero-order valence-electron chi connectivity index (χ0n) is 14.6. The van der Waals surface area contributed by atoms with E-state index < -0.39 is 0 Å². The average molecular weight is 313 g/mol. The van der Waals surface area contributed by atoms with Crippen molar-refractivity contribution in [3.05, 3.63) is 23.8 Å². The van der Waals surface area contributed by atoms with Crippen LogP contribution in [0.15, 0.2) is 23.8 Å². The topological polar surface area (TPSA) is 26.3 Å². The largest absolute Gasteiger partial charge is 0.463 e. The van der Waals surface area contributed by atoms with Gasteiger partial charge in [0.05, 0.1) is 6.61 Å². The summed E-state index contributed by atoms with van der Waals surface area (Å²) in [6.07, 6.45) is 12.8. The van der Waals surface area contributed by atoms with Crippen LogP contribution >= 0.6 is 11.8 Å². The Hall–Kier alpha value is -0.700. The molecule has 0 N–H and O–H groups in total. The summed E-state index contributed by atoms with van der Waals surface area (Å²) < 4.78 is 5.28. The lowest BCUT2D eigenvalue weighted by molar-refractivity contribution is -0.137. The highest BCUT2D eigenvalue weighted by Gasteiger charge is 2.15. The fourth-order valence-corrected chi connectivity index (χ4v) is 2.35. The number of carbonyl (C=O) groups is 1. The Labute approximate surface area is 135 Å². The first-order valence-electron chi connectivity index (χ1n) is 7.87. The Balaban J connectivity index is 3.99. The van der Waals surface area contributed by atoms with Crippen molar-refractivity contribution in [2.45, 2.75) is 65.0 Å². The van der Waals surface area contributed by atoms with E-state index in [2.05, 4.69) is 33.1 Å². The fourth-order valence-electron chi connectivity index (χ4n) is 2.00. The third-order valence-electron chi connectivity index (χ3n) is 3.58. The Bertz CT molecular complexity index is 356. The minimum Gasteiger partial charge on any atom is -0.463 e. The molecule has 0 aliphatic heterocycles. The molecule has 21 heavy (non-hydrogen) atoms. The van der Waals surface area contributed by atoms with E-state index in [1.54, 1.807) is 6.08 Å². The van der Waals surface area contributed by atoms with Gasteiger partial charge in [-0.3, -0.25) is 0 Å². The molecule has 0 aromatic heterocycles. The average Bonchev–Trinajstić information content (AvgIpc) is 2.38. The molecule has 0 saturated heterocycles. The molecule has 1 atom stereocenters. The second-order valence-electron chi connectivity index (χ2n) is 6.24. The molecule has 122 valence electrons. The van der Waals surface area contributed by atoms with Crippen molar-refractivity contribution in [2.24, 2.45) is 5.92 Å². The van der Waals surface area contributed by atoms with Gasteiger partial charge in [-0.1, -0.05) is 45.8 Å². The van der Waals surface area contributed by atoms with Crippen molar-refractivity contribution in [1.29, 1.82) is 0 Å². The summed E-state index contributed by atoms with van der Waals surface area (Å²) in [5.41, 5.74) is 0.948. The Morgan fingerprint density at radius 1 is 1.38 bits per heavy atom. The summed E-state index contributed by atoms with van der Waals surface area (Å²) in [4.78, 5) is 11.3. The van der Waals surface area contributed by atoms with Crippen molar-refractivity contribution in [3.63, 3.8) is 0 Å². The first-order valence-corrected chi connectivity index (χ1v) is 9.10. The normalized spacial score (nSPS) is 14.5. The predicted molar refractivity (Wildman–Crippen MR) is 94.8 cm³/mol. The SMILES string of the molecule is CCOC(=O)/C=C(C)/C=C/CC(C)CCCC(C)(C)SC. The van der Waals surface area contributed by atoms with Crippen LogP contribution in [-0.2, 0) is 9.53 Å². The number of carbonyl (C=O) groups excluding carboxylic acids is 1. The van der Waals surface area contributed by atoms with Gasteiger partial charge in [-0.2, -0.15) is 11.8 Å². The summed E-state index contributed by atoms with van der Waals surface area (Å²) in [5, 5.41) is 0. The molecule has 0 rings (SSSR count). The van der Waals surface area contributed by atoms with E-state index in [-0.39, 0.29) is 5.97 Å². The molecule has 0 aliphatic rings. The van der Waals surface area contributed by atoms with Crippen LogP contribution in [0.4, 0.5) is 0 Å². The predicted octanol–water partition coefficient (Wildman–Crippen LogP) is 5.39. The standard InChI is InChI=1S/C18H32O2S/c1-7-20-17(19)14-16(3)11-8-10-15(2)12-9-13-18(4,5)21-6/h8,11,14-15H,7,9-10,12-13H2,1-6H3/b11-8+,16-14+. The van der Waals surface area contributed by atoms with Crippen LogP contribution in [0.25, 0.3) is 0 Å². The van der Waals surface area contributed by atoms with E-state index in [1.807, 2.05) is 31.7 Å². The van der Waals surface area contributed by atoms with E-state index in [4.69, 9.17) is 4.74 Å². The maximum absolute atomic E-state index is 11.3. The molecule has 0 aromatic rings. The number of allylic oxidation sites excluding steroid dienone is 3. The summed E-state index contributed by atoms with van der Waals surface area (Å²) in [7, 11) is 0. The Kier molecular flexibility index (Phi) is 10.6. The summed E-state index contributed by atoms with van der Waals surface area (Å²) in [6, 6.07) is 0. The number of ether oxygens (including phenoxy) is 1. The van der Waals surface area contributed by atoms with Gasteiger partial charge in [0.1, 0.15) is 0 Å². The fraction of sp³-hybridized carbons (Fsp3) is 0.722. The van der Waals surface area contributed by atoms with Crippen molar-refractivity contribution in [1.82, 2.24) is 0 Å². The van der Waals surface area contributed by atoms with Gasteiger partial charge < -0.3 is 4.74 Å². The van der Waals surface area contributed by atoms with Gasteiger partial charge in [0.15, 0.2) is 0 Å². The van der Waals surface area contributed by atoms with Crippen molar-refractivity contribution < 1.29 is 9.53 Å². The van der Waals surface area contributed by atoms with E-state index in [9.17, 15) is 4.79 Å². The van der Waals surface area contributed by atoms with Crippen molar-refractivity contribution in [3.8, 4) is 0 Å². The molecular weight excluding hydrogens is 280 g/mol. The summed E-state index contributed by atoms with van der Waals surface area (Å²) in [6.45, 7) is 11.1. The van der Waals surface area contributed by atoms with Crippen LogP contribution in [0, 0.1) is 5.92 Å². The lowest BCUT2D eigenvalue weighted by Gasteiger charge is -2.22. The molecule has 0 radical (unpaired) electrons. The van der Waals surface area contributed by atoms with Crippen LogP contribution in [0.3, 0.4) is 0 Å². The maximum atomic E-state index is 11.3. The van der Waals surface area contributed by atoms with E-state index >= 15 is 0 Å². The number of rotatable bonds is 10. The molecule has 0 heterocycles.